The third-order valence-corrected chi connectivity index (χ3v) is 4.02. The average Bonchev–Trinajstić information content (AvgIpc) is 2.69. The highest BCUT2D eigenvalue weighted by atomic mass is 16.5. The largest absolute Gasteiger partial charge is 0.497 e. The van der Waals surface area contributed by atoms with Crippen LogP contribution in [0, 0.1) is 11.3 Å². The van der Waals surface area contributed by atoms with Gasteiger partial charge in [0.1, 0.15) is 17.4 Å². The first-order valence-corrected chi connectivity index (χ1v) is 8.55. The predicted octanol–water partition coefficient (Wildman–Crippen LogP) is 3.02. The van der Waals surface area contributed by atoms with Crippen LogP contribution in [0.2, 0.25) is 0 Å². The van der Waals surface area contributed by atoms with Crippen LogP contribution in [0.25, 0.3) is 0 Å². The minimum atomic E-state index is -0.907. The molecule has 0 spiro atoms. The van der Waals surface area contributed by atoms with E-state index < -0.39 is 11.9 Å². The minimum Gasteiger partial charge on any atom is -0.497 e. The van der Waals surface area contributed by atoms with Gasteiger partial charge in [0.25, 0.3) is 5.91 Å². The van der Waals surface area contributed by atoms with Gasteiger partial charge in [-0.15, -0.1) is 0 Å². The number of carbonyl (C=O) groups excluding carboxylic acids is 1. The fourth-order valence-corrected chi connectivity index (χ4v) is 2.45. The molecule has 2 aromatic rings. The molecule has 0 aliphatic rings. The van der Waals surface area contributed by atoms with Crippen molar-refractivity contribution in [1.82, 2.24) is 5.32 Å². The number of benzene rings is 2. The lowest BCUT2D eigenvalue weighted by Crippen LogP contribution is -2.28. The zero-order valence-electron chi connectivity index (χ0n) is 15.6. The van der Waals surface area contributed by atoms with E-state index in [1.807, 2.05) is 25.1 Å². The van der Waals surface area contributed by atoms with Crippen LogP contribution in [0.5, 0.6) is 5.75 Å². The first-order chi connectivity index (χ1) is 13.4. The van der Waals surface area contributed by atoms with Crippen LogP contribution >= 0.6 is 0 Å². The fourth-order valence-electron chi connectivity index (χ4n) is 2.45. The van der Waals surface area contributed by atoms with E-state index in [0.717, 1.165) is 11.3 Å². The van der Waals surface area contributed by atoms with Gasteiger partial charge in [0.15, 0.2) is 0 Å². The summed E-state index contributed by atoms with van der Waals surface area (Å²) in [5, 5.41) is 23.7. The first kappa shape index (κ1) is 20.5. The molecule has 0 bridgehead atoms. The van der Waals surface area contributed by atoms with Crippen LogP contribution in [0.3, 0.4) is 0 Å². The number of nitriles is 1. The smallest absolute Gasteiger partial charge is 0.307 e. The molecule has 0 heterocycles. The molecular weight excluding hydrogens is 358 g/mol. The Bertz CT molecular complexity index is 897. The Morgan fingerprint density at radius 2 is 1.82 bits per heavy atom. The zero-order valence-corrected chi connectivity index (χ0v) is 15.6. The molecule has 0 radical (unpaired) electrons. The Hall–Kier alpha value is -3.79. The molecule has 3 N–H and O–H groups in total. The number of nitrogens with one attached hydrogen (secondary N) is 2. The maximum absolute atomic E-state index is 12.3. The van der Waals surface area contributed by atoms with Crippen molar-refractivity contribution in [2.24, 2.45) is 0 Å². The van der Waals surface area contributed by atoms with Gasteiger partial charge >= 0.3 is 5.97 Å². The van der Waals surface area contributed by atoms with E-state index in [1.165, 1.54) is 6.20 Å². The van der Waals surface area contributed by atoms with Crippen LogP contribution in [-0.4, -0.2) is 24.1 Å². The standard InChI is InChI=1S/C21H21N3O4/c1-14(16-5-9-19(28-2)10-6-16)24-21(27)17(12-22)13-23-18-7-3-15(4-8-18)11-20(25)26/h3-10,13-14,23H,11H2,1-2H3,(H,24,27)(H,25,26)/b17-13-. The van der Waals surface area contributed by atoms with E-state index in [-0.39, 0.29) is 18.0 Å². The minimum absolute atomic E-state index is 0.0643. The Kier molecular flexibility index (Phi) is 7.17. The number of methoxy groups -OCH3 is 1. The Morgan fingerprint density at radius 3 is 2.36 bits per heavy atom. The molecule has 1 atom stereocenters. The van der Waals surface area contributed by atoms with Crippen LogP contribution in [0.4, 0.5) is 5.69 Å². The second-order valence-corrected chi connectivity index (χ2v) is 6.05. The van der Waals surface area contributed by atoms with Gasteiger partial charge in [0.05, 0.1) is 19.6 Å². The molecule has 1 unspecified atom stereocenters. The lowest BCUT2D eigenvalue weighted by Gasteiger charge is -2.14. The van der Waals surface area contributed by atoms with Gasteiger partial charge < -0.3 is 20.5 Å². The molecule has 2 aromatic carbocycles. The fraction of sp³-hybridized carbons (Fsp3) is 0.190. The average molecular weight is 379 g/mol. The molecule has 7 nitrogen and oxygen atoms in total. The van der Waals surface area contributed by atoms with Crippen molar-refractivity contribution < 1.29 is 19.4 Å². The van der Waals surface area contributed by atoms with Gasteiger partial charge in [0, 0.05) is 11.9 Å². The normalized spacial score (nSPS) is 11.8. The molecule has 0 aliphatic carbocycles. The molecule has 0 saturated heterocycles. The molecule has 0 fully saturated rings. The highest BCUT2D eigenvalue weighted by Gasteiger charge is 2.14. The summed E-state index contributed by atoms with van der Waals surface area (Å²) in [6.07, 6.45) is 1.26. The molecule has 144 valence electrons. The number of carboxylic acid groups (broad SMARTS) is 1. The SMILES string of the molecule is COc1ccc(C(C)NC(=O)/C(C#N)=C\Nc2ccc(CC(=O)O)cc2)cc1. The Labute approximate surface area is 163 Å². The summed E-state index contributed by atoms with van der Waals surface area (Å²) in [5.41, 5.74) is 2.11. The van der Waals surface area contributed by atoms with Crippen molar-refractivity contribution in [2.75, 3.05) is 12.4 Å². The molecule has 0 saturated carbocycles. The maximum atomic E-state index is 12.3. The van der Waals surface area contributed by atoms with Crippen molar-refractivity contribution in [2.45, 2.75) is 19.4 Å². The highest BCUT2D eigenvalue weighted by molar-refractivity contribution is 5.97. The van der Waals surface area contributed by atoms with E-state index in [9.17, 15) is 14.9 Å². The van der Waals surface area contributed by atoms with Crippen molar-refractivity contribution in [1.29, 1.82) is 5.26 Å². The quantitative estimate of drug-likeness (QED) is 0.480. The van der Waals surface area contributed by atoms with Crippen LogP contribution in [0.15, 0.2) is 60.3 Å². The monoisotopic (exact) mass is 379 g/mol. The second kappa shape index (κ2) is 9.78. The predicted molar refractivity (Wildman–Crippen MR) is 105 cm³/mol. The Morgan fingerprint density at radius 1 is 1.18 bits per heavy atom. The number of hydrogen-bond acceptors (Lipinski definition) is 5. The second-order valence-electron chi connectivity index (χ2n) is 6.05. The van der Waals surface area contributed by atoms with Crippen LogP contribution in [0.1, 0.15) is 24.1 Å². The lowest BCUT2D eigenvalue weighted by molar-refractivity contribution is -0.136. The zero-order chi connectivity index (χ0) is 20.5. The number of aliphatic carboxylic acids is 1. The summed E-state index contributed by atoms with van der Waals surface area (Å²) in [7, 11) is 1.58. The maximum Gasteiger partial charge on any atom is 0.307 e. The first-order valence-electron chi connectivity index (χ1n) is 8.55. The number of amides is 1. The summed E-state index contributed by atoms with van der Waals surface area (Å²) in [6, 6.07) is 15.6. The van der Waals surface area contributed by atoms with E-state index in [4.69, 9.17) is 9.84 Å². The van der Waals surface area contributed by atoms with E-state index in [1.54, 1.807) is 43.5 Å². The summed E-state index contributed by atoms with van der Waals surface area (Å²) < 4.78 is 5.11. The van der Waals surface area contributed by atoms with Crippen molar-refractivity contribution >= 4 is 17.6 Å². The van der Waals surface area contributed by atoms with Crippen molar-refractivity contribution in [3.05, 3.63) is 71.4 Å². The molecular formula is C21H21N3O4. The van der Waals surface area contributed by atoms with Gasteiger partial charge in [-0.3, -0.25) is 9.59 Å². The highest BCUT2D eigenvalue weighted by Crippen LogP contribution is 2.17. The molecule has 0 aromatic heterocycles. The summed E-state index contributed by atoms with van der Waals surface area (Å²) in [6.45, 7) is 1.82. The summed E-state index contributed by atoms with van der Waals surface area (Å²) >= 11 is 0. The molecule has 28 heavy (non-hydrogen) atoms. The van der Waals surface area contributed by atoms with Crippen molar-refractivity contribution in [3.8, 4) is 11.8 Å². The summed E-state index contributed by atoms with van der Waals surface area (Å²) in [5.74, 6) is -0.686. The molecule has 7 heteroatoms. The van der Waals surface area contributed by atoms with E-state index in [2.05, 4.69) is 10.6 Å². The lowest BCUT2D eigenvalue weighted by atomic mass is 10.1. The number of ether oxygens (including phenoxy) is 1. The number of rotatable bonds is 8. The third kappa shape index (κ3) is 5.88. The number of carbonyl (C=O) groups is 2. The molecule has 1 amide bonds. The number of hydrogen-bond donors (Lipinski definition) is 3. The number of nitrogens with zero attached hydrogens (tertiary/aromatic N) is 1. The number of anilines is 1. The van der Waals surface area contributed by atoms with Gasteiger partial charge in [-0.2, -0.15) is 5.26 Å². The molecule has 0 aliphatic heterocycles. The van der Waals surface area contributed by atoms with Gasteiger partial charge in [-0.05, 0) is 42.3 Å². The van der Waals surface area contributed by atoms with Gasteiger partial charge in [-0.1, -0.05) is 24.3 Å². The third-order valence-electron chi connectivity index (χ3n) is 4.02. The number of carboxylic acids is 1. The van der Waals surface area contributed by atoms with Gasteiger partial charge in [-0.25, -0.2) is 0 Å². The van der Waals surface area contributed by atoms with Crippen LogP contribution < -0.4 is 15.4 Å². The van der Waals surface area contributed by atoms with Crippen molar-refractivity contribution in [3.63, 3.8) is 0 Å². The van der Waals surface area contributed by atoms with E-state index in [0.29, 0.717) is 11.3 Å². The van der Waals surface area contributed by atoms with Gasteiger partial charge in [0.2, 0.25) is 0 Å². The van der Waals surface area contributed by atoms with Crippen LogP contribution in [-0.2, 0) is 16.0 Å². The topological polar surface area (TPSA) is 111 Å². The Balaban J connectivity index is 1.99. The summed E-state index contributed by atoms with van der Waals surface area (Å²) in [4.78, 5) is 23.0. The van der Waals surface area contributed by atoms with E-state index >= 15 is 0 Å². The molecule has 2 rings (SSSR count).